The van der Waals surface area contributed by atoms with E-state index in [-0.39, 0.29) is 11.6 Å². The van der Waals surface area contributed by atoms with Crippen molar-refractivity contribution in [2.24, 2.45) is 5.92 Å². The molecule has 92 valence electrons. The first-order valence-electron chi connectivity index (χ1n) is 6.25. The van der Waals surface area contributed by atoms with Crippen LogP contribution in [0.15, 0.2) is 24.3 Å². The van der Waals surface area contributed by atoms with Crippen LogP contribution in [-0.2, 0) is 0 Å². The van der Waals surface area contributed by atoms with Crippen LogP contribution in [0.4, 0.5) is 4.39 Å². The number of halogens is 1. The highest BCUT2D eigenvalue weighted by molar-refractivity contribution is 5.96. The van der Waals surface area contributed by atoms with E-state index in [1.807, 2.05) is 0 Å². The minimum Gasteiger partial charge on any atom is -0.317 e. The smallest absolute Gasteiger partial charge is 0.163 e. The number of carbonyl (C=O) groups excluding carboxylic acids is 1. The summed E-state index contributed by atoms with van der Waals surface area (Å²) < 4.78 is 12.7. The van der Waals surface area contributed by atoms with Crippen LogP contribution in [0.25, 0.3) is 0 Å². The predicted molar refractivity (Wildman–Crippen MR) is 65.6 cm³/mol. The van der Waals surface area contributed by atoms with Gasteiger partial charge in [-0.2, -0.15) is 0 Å². The molecule has 0 radical (unpaired) electrons. The molecule has 2 rings (SSSR count). The highest BCUT2D eigenvalue weighted by Gasteiger charge is 2.16. The number of hydrogen-bond acceptors (Lipinski definition) is 2. The number of carbonyl (C=O) groups is 1. The standard InChI is InChI=1S/C14H18FNO/c15-13-5-3-12(4-6-13)14(17)10-11-2-1-8-16-9-7-11/h3-6,11,16H,1-2,7-10H2. The summed E-state index contributed by atoms with van der Waals surface area (Å²) in [6.07, 6.45) is 3.90. The zero-order valence-electron chi connectivity index (χ0n) is 9.92. The van der Waals surface area contributed by atoms with Gasteiger partial charge in [0.2, 0.25) is 0 Å². The molecule has 1 aromatic carbocycles. The number of hydrogen-bond donors (Lipinski definition) is 1. The Hall–Kier alpha value is -1.22. The van der Waals surface area contributed by atoms with E-state index in [9.17, 15) is 9.18 Å². The van der Waals surface area contributed by atoms with Gasteiger partial charge in [0.15, 0.2) is 5.78 Å². The zero-order chi connectivity index (χ0) is 12.1. The van der Waals surface area contributed by atoms with Crippen LogP contribution in [0.5, 0.6) is 0 Å². The molecule has 0 aromatic heterocycles. The van der Waals surface area contributed by atoms with Gasteiger partial charge >= 0.3 is 0 Å². The quantitative estimate of drug-likeness (QED) is 0.816. The Kier molecular flexibility index (Phi) is 4.26. The lowest BCUT2D eigenvalue weighted by atomic mass is 9.92. The third kappa shape index (κ3) is 3.63. The molecule has 1 aliphatic heterocycles. The summed E-state index contributed by atoms with van der Waals surface area (Å²) in [4.78, 5) is 12.0. The number of nitrogens with one attached hydrogen (secondary N) is 1. The summed E-state index contributed by atoms with van der Waals surface area (Å²) >= 11 is 0. The minimum atomic E-state index is -0.291. The molecular formula is C14H18FNO. The SMILES string of the molecule is O=C(CC1CCCNCC1)c1ccc(F)cc1. The lowest BCUT2D eigenvalue weighted by Crippen LogP contribution is -2.15. The molecule has 1 aromatic rings. The monoisotopic (exact) mass is 235 g/mol. The Balaban J connectivity index is 1.93. The molecule has 1 aliphatic rings. The van der Waals surface area contributed by atoms with Gasteiger partial charge in [-0.1, -0.05) is 0 Å². The zero-order valence-corrected chi connectivity index (χ0v) is 9.92. The summed E-state index contributed by atoms with van der Waals surface area (Å²) in [5.74, 6) is 0.319. The Morgan fingerprint density at radius 1 is 1.24 bits per heavy atom. The van der Waals surface area contributed by atoms with Crippen molar-refractivity contribution < 1.29 is 9.18 Å². The summed E-state index contributed by atoms with van der Waals surface area (Å²) in [5, 5.41) is 3.34. The van der Waals surface area contributed by atoms with Crippen LogP contribution in [0.2, 0.25) is 0 Å². The Morgan fingerprint density at radius 2 is 2.00 bits per heavy atom. The summed E-state index contributed by atoms with van der Waals surface area (Å²) in [6, 6.07) is 5.85. The van der Waals surface area contributed by atoms with E-state index in [0.29, 0.717) is 17.9 Å². The Labute approximate surface area is 101 Å². The van der Waals surface area contributed by atoms with Crippen LogP contribution >= 0.6 is 0 Å². The van der Waals surface area contributed by atoms with Gasteiger partial charge in [-0.3, -0.25) is 4.79 Å². The van der Waals surface area contributed by atoms with Crippen molar-refractivity contribution in [1.82, 2.24) is 5.32 Å². The molecule has 1 heterocycles. The molecule has 0 spiro atoms. The van der Waals surface area contributed by atoms with Gasteiger partial charge in [0, 0.05) is 12.0 Å². The highest BCUT2D eigenvalue weighted by Crippen LogP contribution is 2.20. The van der Waals surface area contributed by atoms with Gasteiger partial charge in [0.1, 0.15) is 5.82 Å². The second-order valence-electron chi connectivity index (χ2n) is 4.68. The van der Waals surface area contributed by atoms with E-state index >= 15 is 0 Å². The molecule has 1 unspecified atom stereocenters. The Morgan fingerprint density at radius 3 is 2.76 bits per heavy atom. The van der Waals surface area contributed by atoms with Gasteiger partial charge in [-0.25, -0.2) is 4.39 Å². The molecule has 0 bridgehead atoms. The first-order valence-corrected chi connectivity index (χ1v) is 6.25. The number of Topliss-reactive ketones (excluding diaryl/α,β-unsaturated/α-hetero) is 1. The van der Waals surface area contributed by atoms with E-state index < -0.39 is 0 Å². The molecule has 1 atom stereocenters. The molecule has 17 heavy (non-hydrogen) atoms. The van der Waals surface area contributed by atoms with Gasteiger partial charge in [-0.15, -0.1) is 0 Å². The fourth-order valence-corrected chi connectivity index (χ4v) is 2.31. The molecule has 1 N–H and O–H groups in total. The van der Waals surface area contributed by atoms with Crippen LogP contribution in [0, 0.1) is 11.7 Å². The summed E-state index contributed by atoms with van der Waals surface area (Å²) in [7, 11) is 0. The van der Waals surface area contributed by atoms with Crippen LogP contribution in [0.1, 0.15) is 36.0 Å². The van der Waals surface area contributed by atoms with Crippen LogP contribution in [-0.4, -0.2) is 18.9 Å². The van der Waals surface area contributed by atoms with E-state index in [4.69, 9.17) is 0 Å². The number of ketones is 1. The van der Waals surface area contributed by atoms with Gasteiger partial charge in [0.25, 0.3) is 0 Å². The fourth-order valence-electron chi connectivity index (χ4n) is 2.31. The predicted octanol–water partition coefficient (Wildman–Crippen LogP) is 2.79. The van der Waals surface area contributed by atoms with Gasteiger partial charge in [-0.05, 0) is 62.5 Å². The second kappa shape index (κ2) is 5.92. The molecule has 2 nitrogen and oxygen atoms in total. The summed E-state index contributed by atoms with van der Waals surface area (Å²) in [6.45, 7) is 2.06. The molecule has 0 aliphatic carbocycles. The normalized spacial score (nSPS) is 20.9. The highest BCUT2D eigenvalue weighted by atomic mass is 19.1. The van der Waals surface area contributed by atoms with Crippen molar-refractivity contribution >= 4 is 5.78 Å². The van der Waals surface area contributed by atoms with Crippen molar-refractivity contribution in [2.45, 2.75) is 25.7 Å². The first-order chi connectivity index (χ1) is 8.25. The summed E-state index contributed by atoms with van der Waals surface area (Å²) in [5.41, 5.74) is 0.628. The van der Waals surface area contributed by atoms with Gasteiger partial charge in [0.05, 0.1) is 0 Å². The van der Waals surface area contributed by atoms with Crippen molar-refractivity contribution in [3.05, 3.63) is 35.6 Å². The number of benzene rings is 1. The first kappa shape index (κ1) is 12.2. The van der Waals surface area contributed by atoms with E-state index in [1.54, 1.807) is 12.1 Å². The Bertz CT molecular complexity index is 366. The maximum Gasteiger partial charge on any atom is 0.163 e. The molecular weight excluding hydrogens is 217 g/mol. The molecule has 0 saturated carbocycles. The fraction of sp³-hybridized carbons (Fsp3) is 0.500. The van der Waals surface area contributed by atoms with Crippen molar-refractivity contribution in [1.29, 1.82) is 0 Å². The number of rotatable bonds is 3. The molecule has 3 heteroatoms. The molecule has 1 fully saturated rings. The van der Waals surface area contributed by atoms with Crippen LogP contribution in [0.3, 0.4) is 0 Å². The largest absolute Gasteiger partial charge is 0.317 e. The average molecular weight is 235 g/mol. The van der Waals surface area contributed by atoms with Gasteiger partial charge < -0.3 is 5.32 Å². The molecule has 0 amide bonds. The van der Waals surface area contributed by atoms with E-state index in [2.05, 4.69) is 5.32 Å². The topological polar surface area (TPSA) is 29.1 Å². The van der Waals surface area contributed by atoms with Crippen molar-refractivity contribution in [3.8, 4) is 0 Å². The van der Waals surface area contributed by atoms with E-state index in [1.165, 1.54) is 12.1 Å². The van der Waals surface area contributed by atoms with Crippen LogP contribution < -0.4 is 5.32 Å². The molecule has 1 saturated heterocycles. The van der Waals surface area contributed by atoms with E-state index in [0.717, 1.165) is 32.4 Å². The third-order valence-corrected chi connectivity index (χ3v) is 3.34. The second-order valence-corrected chi connectivity index (χ2v) is 4.68. The van der Waals surface area contributed by atoms with Crippen molar-refractivity contribution in [2.75, 3.05) is 13.1 Å². The lowest BCUT2D eigenvalue weighted by Gasteiger charge is -2.12. The maximum absolute atomic E-state index is 12.7. The third-order valence-electron chi connectivity index (χ3n) is 3.34. The van der Waals surface area contributed by atoms with Crippen molar-refractivity contribution in [3.63, 3.8) is 0 Å². The maximum atomic E-state index is 12.7. The average Bonchev–Trinajstić information content (AvgIpc) is 2.58. The lowest BCUT2D eigenvalue weighted by molar-refractivity contribution is 0.0958. The minimum absolute atomic E-state index is 0.136.